The zero-order valence-corrected chi connectivity index (χ0v) is 11.6. The van der Waals surface area contributed by atoms with Crippen molar-refractivity contribution in [2.45, 2.75) is 26.4 Å². The smallest absolute Gasteiger partial charge is 0.307 e. The molecule has 0 aliphatic carbocycles. The molecule has 104 valence electrons. The molecule has 3 nitrogen and oxygen atoms in total. The lowest BCUT2D eigenvalue weighted by atomic mass is 10.1. The first kappa shape index (κ1) is 14.3. The van der Waals surface area contributed by atoms with Crippen LogP contribution in [0.1, 0.15) is 22.3 Å². The van der Waals surface area contributed by atoms with Gasteiger partial charge in [-0.1, -0.05) is 54.1 Å². The molecule has 0 bridgehead atoms. The summed E-state index contributed by atoms with van der Waals surface area (Å²) in [5.74, 6) is -0.796. The number of hydrogen-bond acceptors (Lipinski definition) is 2. The molecule has 2 aromatic rings. The van der Waals surface area contributed by atoms with Gasteiger partial charge in [0.25, 0.3) is 0 Å². The fourth-order valence-electron chi connectivity index (χ4n) is 2.01. The molecule has 20 heavy (non-hydrogen) atoms. The molecule has 2 N–H and O–H groups in total. The van der Waals surface area contributed by atoms with Gasteiger partial charge < -0.3 is 10.4 Å². The second-order valence-corrected chi connectivity index (χ2v) is 4.98. The van der Waals surface area contributed by atoms with Crippen molar-refractivity contribution in [2.75, 3.05) is 0 Å². The third-order valence-corrected chi connectivity index (χ3v) is 3.16. The van der Waals surface area contributed by atoms with E-state index in [0.29, 0.717) is 0 Å². The zero-order valence-electron chi connectivity index (χ0n) is 11.6. The van der Waals surface area contributed by atoms with Crippen LogP contribution in [-0.2, 0) is 24.3 Å². The SMILES string of the molecule is Cc1ccc(CNCc2ccc(CC(=O)O)cc2)cc1. The quantitative estimate of drug-likeness (QED) is 0.847. The summed E-state index contributed by atoms with van der Waals surface area (Å²) in [6.45, 7) is 3.69. The zero-order chi connectivity index (χ0) is 14.4. The highest BCUT2D eigenvalue weighted by molar-refractivity contribution is 5.70. The highest BCUT2D eigenvalue weighted by Crippen LogP contribution is 2.06. The van der Waals surface area contributed by atoms with Crippen molar-refractivity contribution in [2.24, 2.45) is 0 Å². The fraction of sp³-hybridized carbons (Fsp3) is 0.235. The van der Waals surface area contributed by atoms with Crippen molar-refractivity contribution in [3.8, 4) is 0 Å². The summed E-state index contributed by atoms with van der Waals surface area (Å²) in [7, 11) is 0. The van der Waals surface area contributed by atoms with Gasteiger partial charge in [0.15, 0.2) is 0 Å². The molecule has 0 radical (unpaired) electrons. The standard InChI is InChI=1S/C17H19NO2/c1-13-2-4-15(5-3-13)11-18-12-16-8-6-14(7-9-16)10-17(19)20/h2-9,18H,10-12H2,1H3,(H,19,20). The maximum absolute atomic E-state index is 10.6. The van der Waals surface area contributed by atoms with E-state index in [0.717, 1.165) is 24.2 Å². The van der Waals surface area contributed by atoms with Crippen LogP contribution in [0, 0.1) is 6.92 Å². The van der Waals surface area contributed by atoms with E-state index in [1.165, 1.54) is 11.1 Å². The topological polar surface area (TPSA) is 49.3 Å². The van der Waals surface area contributed by atoms with Crippen LogP contribution < -0.4 is 5.32 Å². The van der Waals surface area contributed by atoms with Crippen LogP contribution in [0.5, 0.6) is 0 Å². The van der Waals surface area contributed by atoms with Crippen LogP contribution >= 0.6 is 0 Å². The van der Waals surface area contributed by atoms with Gasteiger partial charge in [0, 0.05) is 13.1 Å². The van der Waals surface area contributed by atoms with Crippen molar-refractivity contribution in [1.29, 1.82) is 0 Å². The predicted molar refractivity (Wildman–Crippen MR) is 79.5 cm³/mol. The number of hydrogen-bond donors (Lipinski definition) is 2. The summed E-state index contributed by atoms with van der Waals surface area (Å²) in [6.07, 6.45) is 0.0804. The van der Waals surface area contributed by atoms with Crippen molar-refractivity contribution in [3.05, 3.63) is 70.8 Å². The summed E-state index contributed by atoms with van der Waals surface area (Å²) in [5.41, 5.74) is 4.52. The fourth-order valence-corrected chi connectivity index (χ4v) is 2.01. The van der Waals surface area contributed by atoms with Crippen LogP contribution in [0.25, 0.3) is 0 Å². The molecule has 0 amide bonds. The summed E-state index contributed by atoms with van der Waals surface area (Å²) in [6, 6.07) is 16.2. The number of benzene rings is 2. The highest BCUT2D eigenvalue weighted by Gasteiger charge is 2.00. The molecule has 0 atom stereocenters. The van der Waals surface area contributed by atoms with Crippen LogP contribution in [0.2, 0.25) is 0 Å². The van der Waals surface area contributed by atoms with E-state index in [2.05, 4.69) is 36.5 Å². The minimum absolute atomic E-state index is 0.0804. The van der Waals surface area contributed by atoms with Crippen LogP contribution in [-0.4, -0.2) is 11.1 Å². The Morgan fingerprint density at radius 3 is 1.85 bits per heavy atom. The Kier molecular flexibility index (Phi) is 4.91. The molecule has 0 unspecified atom stereocenters. The van der Waals surface area contributed by atoms with Crippen molar-refractivity contribution in [3.63, 3.8) is 0 Å². The van der Waals surface area contributed by atoms with Gasteiger partial charge in [-0.05, 0) is 23.6 Å². The number of nitrogens with one attached hydrogen (secondary N) is 1. The van der Waals surface area contributed by atoms with Crippen LogP contribution in [0.3, 0.4) is 0 Å². The van der Waals surface area contributed by atoms with Crippen LogP contribution in [0.4, 0.5) is 0 Å². The van der Waals surface area contributed by atoms with Gasteiger partial charge in [0.05, 0.1) is 6.42 Å². The molecule has 2 rings (SSSR count). The molecule has 0 saturated heterocycles. The van der Waals surface area contributed by atoms with E-state index in [4.69, 9.17) is 5.11 Å². The summed E-state index contributed by atoms with van der Waals surface area (Å²) in [5, 5.41) is 12.1. The molecular formula is C17H19NO2. The van der Waals surface area contributed by atoms with Gasteiger partial charge in [-0.25, -0.2) is 0 Å². The largest absolute Gasteiger partial charge is 0.481 e. The lowest BCUT2D eigenvalue weighted by molar-refractivity contribution is -0.136. The van der Waals surface area contributed by atoms with E-state index in [-0.39, 0.29) is 6.42 Å². The average Bonchev–Trinajstić information content (AvgIpc) is 2.42. The van der Waals surface area contributed by atoms with Gasteiger partial charge in [0.1, 0.15) is 0 Å². The van der Waals surface area contributed by atoms with E-state index >= 15 is 0 Å². The number of carbonyl (C=O) groups is 1. The Morgan fingerprint density at radius 1 is 0.900 bits per heavy atom. The van der Waals surface area contributed by atoms with Crippen molar-refractivity contribution >= 4 is 5.97 Å². The molecule has 0 aliphatic rings. The summed E-state index contributed by atoms with van der Waals surface area (Å²) >= 11 is 0. The number of carboxylic acid groups (broad SMARTS) is 1. The Balaban J connectivity index is 1.82. The Labute approximate surface area is 119 Å². The first-order chi connectivity index (χ1) is 9.63. The third kappa shape index (κ3) is 4.52. The maximum atomic E-state index is 10.6. The Bertz CT molecular complexity index is 559. The normalized spacial score (nSPS) is 10.4. The highest BCUT2D eigenvalue weighted by atomic mass is 16.4. The summed E-state index contributed by atoms with van der Waals surface area (Å²) in [4.78, 5) is 10.6. The molecule has 0 heterocycles. The average molecular weight is 269 g/mol. The minimum Gasteiger partial charge on any atom is -0.481 e. The van der Waals surface area contributed by atoms with Gasteiger partial charge in [-0.2, -0.15) is 0 Å². The molecule has 2 aromatic carbocycles. The lowest BCUT2D eigenvalue weighted by Crippen LogP contribution is -2.12. The number of rotatable bonds is 6. The van der Waals surface area contributed by atoms with Gasteiger partial charge >= 0.3 is 5.97 Å². The number of aryl methyl sites for hydroxylation is 1. The predicted octanol–water partition coefficient (Wildman–Crippen LogP) is 2.91. The molecule has 0 fully saturated rings. The molecule has 0 aliphatic heterocycles. The molecule has 0 spiro atoms. The molecule has 0 aromatic heterocycles. The molecule has 3 heteroatoms. The number of aliphatic carboxylic acids is 1. The Hall–Kier alpha value is -2.13. The first-order valence-electron chi connectivity index (χ1n) is 6.69. The molecule has 0 saturated carbocycles. The maximum Gasteiger partial charge on any atom is 0.307 e. The van der Waals surface area contributed by atoms with Gasteiger partial charge in [-0.3, -0.25) is 4.79 Å². The van der Waals surface area contributed by atoms with E-state index in [1.807, 2.05) is 24.3 Å². The van der Waals surface area contributed by atoms with E-state index in [9.17, 15) is 4.79 Å². The van der Waals surface area contributed by atoms with Gasteiger partial charge in [-0.15, -0.1) is 0 Å². The number of carboxylic acids is 1. The lowest BCUT2D eigenvalue weighted by Gasteiger charge is -2.06. The first-order valence-corrected chi connectivity index (χ1v) is 6.69. The summed E-state index contributed by atoms with van der Waals surface area (Å²) < 4.78 is 0. The second-order valence-electron chi connectivity index (χ2n) is 4.98. The monoisotopic (exact) mass is 269 g/mol. The van der Waals surface area contributed by atoms with Gasteiger partial charge in [0.2, 0.25) is 0 Å². The molecular weight excluding hydrogens is 250 g/mol. The van der Waals surface area contributed by atoms with E-state index < -0.39 is 5.97 Å². The van der Waals surface area contributed by atoms with E-state index in [1.54, 1.807) is 0 Å². The third-order valence-electron chi connectivity index (χ3n) is 3.16. The second kappa shape index (κ2) is 6.87. The minimum atomic E-state index is -0.796. The van der Waals surface area contributed by atoms with Crippen LogP contribution in [0.15, 0.2) is 48.5 Å². The van der Waals surface area contributed by atoms with Crippen molar-refractivity contribution in [1.82, 2.24) is 5.32 Å². The Morgan fingerprint density at radius 2 is 1.35 bits per heavy atom. The van der Waals surface area contributed by atoms with Crippen molar-refractivity contribution < 1.29 is 9.90 Å².